The molecule has 1 saturated carbocycles. The van der Waals surface area contributed by atoms with Gasteiger partial charge in [0.1, 0.15) is 0 Å². The molecule has 100 valence electrons. The maximum absolute atomic E-state index is 6.07. The summed E-state index contributed by atoms with van der Waals surface area (Å²) in [6.07, 6.45) is 7.15. The first kappa shape index (κ1) is 13.7. The van der Waals surface area contributed by atoms with Crippen LogP contribution in [0.25, 0.3) is 0 Å². The highest BCUT2D eigenvalue weighted by atomic mass is 31.0. The summed E-state index contributed by atoms with van der Waals surface area (Å²) < 4.78 is 13.8. The van der Waals surface area contributed by atoms with E-state index in [0.717, 1.165) is 25.5 Å². The van der Waals surface area contributed by atoms with Gasteiger partial charge in [0.15, 0.2) is 0 Å². The Bertz CT molecular complexity index is 231. The van der Waals surface area contributed by atoms with Crippen LogP contribution >= 0.6 is 9.39 Å². The summed E-state index contributed by atoms with van der Waals surface area (Å²) in [5.74, 6) is 0.900. The average molecular weight is 259 g/mol. The molecule has 1 heterocycles. The second-order valence-electron chi connectivity index (χ2n) is 5.66. The number of methoxy groups -OCH3 is 1. The van der Waals surface area contributed by atoms with E-state index < -0.39 is 0 Å². The van der Waals surface area contributed by atoms with Crippen molar-refractivity contribution in [3.05, 3.63) is 0 Å². The molecule has 0 aromatic carbocycles. The van der Waals surface area contributed by atoms with Crippen LogP contribution < -0.4 is 0 Å². The fourth-order valence-corrected chi connectivity index (χ4v) is 3.32. The topological polar surface area (TPSA) is 21.7 Å². The van der Waals surface area contributed by atoms with Gasteiger partial charge in [0.25, 0.3) is 0 Å². The normalized spacial score (nSPS) is 39.7. The molecule has 0 bridgehead atoms. The molecule has 3 nitrogen and oxygen atoms in total. The predicted octanol–water partition coefficient (Wildman–Crippen LogP) is 2.46. The Kier molecular flexibility index (Phi) is 5.23. The zero-order chi connectivity index (χ0) is 12.3. The highest BCUT2D eigenvalue weighted by molar-refractivity contribution is 7.13. The van der Waals surface area contributed by atoms with Gasteiger partial charge in [-0.25, -0.2) is 0 Å². The summed E-state index contributed by atoms with van der Waals surface area (Å²) in [5, 5.41) is 0. The first-order chi connectivity index (χ1) is 8.19. The smallest absolute Gasteiger partial charge is 0.0717 e. The highest BCUT2D eigenvalue weighted by Crippen LogP contribution is 2.28. The number of hydrogen-bond acceptors (Lipinski definition) is 3. The molecule has 0 spiro atoms. The molecule has 0 N–H and O–H groups in total. The Hall–Kier alpha value is 0.310. The van der Waals surface area contributed by atoms with Crippen LogP contribution in [0.1, 0.15) is 39.0 Å². The van der Waals surface area contributed by atoms with Gasteiger partial charge in [0.05, 0.1) is 18.8 Å². The van der Waals surface area contributed by atoms with Gasteiger partial charge >= 0.3 is 0 Å². The van der Waals surface area contributed by atoms with Crippen LogP contribution in [-0.2, 0) is 9.47 Å². The van der Waals surface area contributed by atoms with Gasteiger partial charge in [-0.2, -0.15) is 0 Å². The molecule has 0 aromatic rings. The number of nitrogens with zero attached hydrogens (tertiary/aromatic N) is 1. The molecule has 0 radical (unpaired) electrons. The van der Waals surface area contributed by atoms with E-state index in [1.165, 1.54) is 25.7 Å². The summed E-state index contributed by atoms with van der Waals surface area (Å²) in [6.45, 7) is 4.22. The molecular formula is C13H26NO2P. The van der Waals surface area contributed by atoms with Crippen LogP contribution in [0.3, 0.4) is 0 Å². The molecule has 1 aliphatic carbocycles. The third-order valence-corrected chi connectivity index (χ3v) is 4.87. The van der Waals surface area contributed by atoms with Gasteiger partial charge in [-0.05, 0) is 38.0 Å². The molecule has 1 saturated heterocycles. The first-order valence-electron chi connectivity index (χ1n) is 6.84. The van der Waals surface area contributed by atoms with E-state index in [1.807, 2.05) is 0 Å². The van der Waals surface area contributed by atoms with E-state index in [9.17, 15) is 0 Å². The second-order valence-corrected chi connectivity index (χ2v) is 6.32. The molecule has 1 unspecified atom stereocenters. The van der Waals surface area contributed by atoms with E-state index in [1.54, 1.807) is 7.11 Å². The second kappa shape index (κ2) is 6.47. The molecule has 0 aromatic heterocycles. The third kappa shape index (κ3) is 3.89. The minimum Gasteiger partial charge on any atom is -0.380 e. The molecule has 4 heteroatoms. The predicted molar refractivity (Wildman–Crippen MR) is 73.0 cm³/mol. The Morgan fingerprint density at radius 1 is 1.18 bits per heavy atom. The van der Waals surface area contributed by atoms with Crippen LogP contribution in [0.2, 0.25) is 0 Å². The van der Waals surface area contributed by atoms with E-state index in [4.69, 9.17) is 9.47 Å². The lowest BCUT2D eigenvalue weighted by molar-refractivity contribution is 0.00239. The Morgan fingerprint density at radius 2 is 1.88 bits per heavy atom. The van der Waals surface area contributed by atoms with E-state index in [2.05, 4.69) is 21.0 Å². The Balaban J connectivity index is 1.68. The van der Waals surface area contributed by atoms with Crippen LogP contribution in [-0.4, -0.2) is 43.2 Å². The van der Waals surface area contributed by atoms with Gasteiger partial charge in [0.2, 0.25) is 0 Å². The van der Waals surface area contributed by atoms with Crippen molar-refractivity contribution in [3.63, 3.8) is 0 Å². The summed E-state index contributed by atoms with van der Waals surface area (Å²) in [6, 6.07) is 0.518. The summed E-state index contributed by atoms with van der Waals surface area (Å²) in [4.78, 5) is 0. The van der Waals surface area contributed by atoms with Gasteiger partial charge in [-0.3, -0.25) is 4.67 Å². The monoisotopic (exact) mass is 259 g/mol. The maximum atomic E-state index is 6.07. The van der Waals surface area contributed by atoms with Crippen LogP contribution in [0.15, 0.2) is 0 Å². The van der Waals surface area contributed by atoms with E-state index in [-0.39, 0.29) is 0 Å². The number of hydrogen-bond donors (Lipinski definition) is 0. The molecule has 2 fully saturated rings. The van der Waals surface area contributed by atoms with Gasteiger partial charge in [-0.15, -0.1) is 0 Å². The summed E-state index contributed by atoms with van der Waals surface area (Å²) in [5.41, 5.74) is 0. The van der Waals surface area contributed by atoms with Crippen molar-refractivity contribution in [2.75, 3.05) is 20.3 Å². The van der Waals surface area contributed by atoms with Crippen molar-refractivity contribution in [1.82, 2.24) is 4.67 Å². The van der Waals surface area contributed by atoms with Crippen LogP contribution in [0.5, 0.6) is 0 Å². The first-order valence-corrected chi connectivity index (χ1v) is 7.36. The lowest BCUT2D eigenvalue weighted by Crippen LogP contribution is -2.29. The lowest BCUT2D eigenvalue weighted by atomic mass is 9.89. The average Bonchev–Trinajstić information content (AvgIpc) is 2.69. The summed E-state index contributed by atoms with van der Waals surface area (Å²) in [7, 11) is 4.61. The Labute approximate surface area is 107 Å². The maximum Gasteiger partial charge on any atom is 0.0717 e. The van der Waals surface area contributed by atoms with Crippen LogP contribution in [0.4, 0.5) is 0 Å². The van der Waals surface area contributed by atoms with Gasteiger partial charge in [0, 0.05) is 19.7 Å². The standard InChI is InChI=1S/C13H26NO2P/c1-10-3-5-12(6-4-10)16-9-11-7-13(15-2)8-14(11)17/h10-13H,3-9,17H2,1-2H3/t10?,11-,12?,13+/m0/s1. The van der Waals surface area contributed by atoms with E-state index in [0.29, 0.717) is 18.2 Å². The van der Waals surface area contributed by atoms with Crippen molar-refractivity contribution in [3.8, 4) is 0 Å². The van der Waals surface area contributed by atoms with E-state index >= 15 is 0 Å². The van der Waals surface area contributed by atoms with Gasteiger partial charge < -0.3 is 9.47 Å². The minimum atomic E-state index is 0.382. The van der Waals surface area contributed by atoms with Crippen molar-refractivity contribution in [2.24, 2.45) is 5.92 Å². The summed E-state index contributed by atoms with van der Waals surface area (Å²) >= 11 is 0. The molecule has 2 aliphatic rings. The fourth-order valence-electron chi connectivity index (χ4n) is 2.88. The highest BCUT2D eigenvalue weighted by Gasteiger charge is 2.30. The SMILES string of the molecule is CO[C@@H]1C[C@@H](COC2CCC(C)CC2)N(P)C1. The quantitative estimate of drug-likeness (QED) is 0.724. The third-order valence-electron chi connectivity index (χ3n) is 4.24. The number of rotatable bonds is 4. The van der Waals surface area contributed by atoms with Crippen LogP contribution in [0, 0.1) is 5.92 Å². The van der Waals surface area contributed by atoms with Crippen molar-refractivity contribution in [1.29, 1.82) is 0 Å². The van der Waals surface area contributed by atoms with Gasteiger partial charge in [-0.1, -0.05) is 16.3 Å². The molecular weight excluding hydrogens is 233 g/mol. The molecule has 1 aliphatic heterocycles. The molecule has 2 rings (SSSR count). The fraction of sp³-hybridized carbons (Fsp3) is 1.00. The zero-order valence-corrected chi connectivity index (χ0v) is 12.3. The zero-order valence-electron chi connectivity index (χ0n) is 11.1. The molecule has 0 amide bonds. The van der Waals surface area contributed by atoms with Crippen molar-refractivity contribution >= 4 is 9.39 Å². The molecule has 17 heavy (non-hydrogen) atoms. The van der Waals surface area contributed by atoms with Crippen molar-refractivity contribution in [2.45, 2.75) is 57.3 Å². The molecule has 3 atom stereocenters. The largest absolute Gasteiger partial charge is 0.380 e. The number of ether oxygens (including phenoxy) is 2. The lowest BCUT2D eigenvalue weighted by Gasteiger charge is -2.28. The minimum absolute atomic E-state index is 0.382. The van der Waals surface area contributed by atoms with Crippen molar-refractivity contribution < 1.29 is 9.47 Å². The Morgan fingerprint density at radius 3 is 2.47 bits per heavy atom.